The van der Waals surface area contributed by atoms with Crippen LogP contribution < -0.4 is 10.6 Å². The number of nitrogens with zero attached hydrogens (tertiary/aromatic N) is 1. The summed E-state index contributed by atoms with van der Waals surface area (Å²) in [6.45, 7) is 4.12. The Labute approximate surface area is 112 Å². The molecule has 0 amide bonds. The van der Waals surface area contributed by atoms with Gasteiger partial charge < -0.3 is 15.4 Å². The topological polar surface area (TPSA) is 38.5 Å². The largest absolute Gasteiger partial charge is 0.389 e. The van der Waals surface area contributed by atoms with Crippen molar-refractivity contribution in [3.05, 3.63) is 28.8 Å². The lowest BCUT2D eigenvalue weighted by molar-refractivity contribution is 0.154. The van der Waals surface area contributed by atoms with Crippen LogP contribution in [0.2, 0.25) is 5.02 Å². The molecule has 0 aliphatic rings. The number of likely N-dealkylation sites (N-methyl/N-ethyl adjacent to an activating group) is 1. The van der Waals surface area contributed by atoms with Crippen molar-refractivity contribution in [2.24, 2.45) is 5.73 Å². The molecule has 0 heterocycles. The van der Waals surface area contributed by atoms with Crippen molar-refractivity contribution < 1.29 is 4.74 Å². The first kappa shape index (κ1) is 14.2. The Morgan fingerprint density at radius 1 is 1.53 bits per heavy atom. The molecule has 0 spiro atoms. The maximum absolute atomic E-state index is 5.98. The molecule has 1 rings (SSSR count). The van der Waals surface area contributed by atoms with Crippen molar-refractivity contribution in [1.29, 1.82) is 0 Å². The van der Waals surface area contributed by atoms with E-state index in [1.807, 2.05) is 31.0 Å². The molecule has 1 aromatic rings. The van der Waals surface area contributed by atoms with E-state index in [0.717, 1.165) is 17.8 Å². The Morgan fingerprint density at radius 3 is 2.82 bits per heavy atom. The fourth-order valence-electron chi connectivity index (χ4n) is 1.50. The van der Waals surface area contributed by atoms with Gasteiger partial charge in [0.15, 0.2) is 0 Å². The van der Waals surface area contributed by atoms with Gasteiger partial charge in [-0.2, -0.15) is 0 Å². The second kappa shape index (κ2) is 6.79. The van der Waals surface area contributed by atoms with Crippen molar-refractivity contribution in [2.75, 3.05) is 31.7 Å². The molecule has 0 unspecified atom stereocenters. The number of anilines is 1. The van der Waals surface area contributed by atoms with Gasteiger partial charge in [0.2, 0.25) is 0 Å². The Balaban J connectivity index is 2.86. The van der Waals surface area contributed by atoms with Crippen LogP contribution in [0.3, 0.4) is 0 Å². The van der Waals surface area contributed by atoms with Crippen molar-refractivity contribution in [1.82, 2.24) is 0 Å². The highest BCUT2D eigenvalue weighted by molar-refractivity contribution is 7.80. The van der Waals surface area contributed by atoms with E-state index >= 15 is 0 Å². The van der Waals surface area contributed by atoms with Gasteiger partial charge in [-0.1, -0.05) is 23.8 Å². The first-order valence-corrected chi connectivity index (χ1v) is 6.23. The zero-order chi connectivity index (χ0) is 12.8. The number of nitrogens with two attached hydrogens (primary N) is 1. The molecule has 1 aromatic carbocycles. The summed E-state index contributed by atoms with van der Waals surface area (Å²) in [5, 5.41) is 0.670. The highest BCUT2D eigenvalue weighted by Gasteiger charge is 2.10. The zero-order valence-corrected chi connectivity index (χ0v) is 11.6. The lowest BCUT2D eigenvalue weighted by Crippen LogP contribution is -2.25. The van der Waals surface area contributed by atoms with E-state index in [1.54, 1.807) is 6.07 Å². The van der Waals surface area contributed by atoms with Crippen molar-refractivity contribution in [2.45, 2.75) is 6.92 Å². The first-order valence-electron chi connectivity index (χ1n) is 5.44. The molecular formula is C12H17ClN2OS. The Bertz CT molecular complexity index is 398. The predicted octanol–water partition coefficient (Wildman–Crippen LogP) is 2.45. The van der Waals surface area contributed by atoms with Crippen molar-refractivity contribution >= 4 is 34.5 Å². The van der Waals surface area contributed by atoms with E-state index < -0.39 is 0 Å². The molecule has 0 fully saturated rings. The van der Waals surface area contributed by atoms with Gasteiger partial charge in [-0.25, -0.2) is 0 Å². The Morgan fingerprint density at radius 2 is 2.24 bits per heavy atom. The minimum Gasteiger partial charge on any atom is -0.389 e. The highest BCUT2D eigenvalue weighted by atomic mass is 35.5. The molecule has 0 saturated heterocycles. The number of hydrogen-bond acceptors (Lipinski definition) is 3. The standard InChI is InChI=1S/C12H17ClN2OS/c1-3-16-7-6-15(2)11-8-9(13)4-5-10(11)12(14)17/h4-5,8H,3,6-7H2,1-2H3,(H2,14,17). The molecule has 0 aliphatic heterocycles. The maximum Gasteiger partial charge on any atom is 0.106 e. The van der Waals surface area contributed by atoms with Gasteiger partial charge in [0.1, 0.15) is 4.99 Å². The molecule has 0 aromatic heterocycles. The molecule has 0 radical (unpaired) electrons. The van der Waals surface area contributed by atoms with Crippen LogP contribution in [0.5, 0.6) is 0 Å². The third-order valence-electron chi connectivity index (χ3n) is 2.41. The number of thiocarbonyl (C=S) groups is 1. The minimum atomic E-state index is 0.375. The normalized spacial score (nSPS) is 10.3. The van der Waals surface area contributed by atoms with E-state index in [2.05, 4.69) is 0 Å². The highest BCUT2D eigenvalue weighted by Crippen LogP contribution is 2.24. The number of halogens is 1. The van der Waals surface area contributed by atoms with E-state index in [1.165, 1.54) is 0 Å². The number of benzene rings is 1. The summed E-state index contributed by atoms with van der Waals surface area (Å²) in [7, 11) is 1.96. The average molecular weight is 273 g/mol. The average Bonchev–Trinajstić information content (AvgIpc) is 2.28. The third kappa shape index (κ3) is 4.15. The summed E-state index contributed by atoms with van der Waals surface area (Å²) >= 11 is 11.0. The molecule has 0 saturated carbocycles. The summed E-state index contributed by atoms with van der Waals surface area (Å²) in [6, 6.07) is 5.50. The van der Waals surface area contributed by atoms with Crippen LogP contribution in [0.15, 0.2) is 18.2 Å². The number of ether oxygens (including phenoxy) is 1. The van der Waals surface area contributed by atoms with Crippen molar-refractivity contribution in [3.63, 3.8) is 0 Å². The quantitative estimate of drug-likeness (QED) is 0.638. The minimum absolute atomic E-state index is 0.375. The third-order valence-corrected chi connectivity index (χ3v) is 2.87. The monoisotopic (exact) mass is 272 g/mol. The molecule has 0 atom stereocenters. The fourth-order valence-corrected chi connectivity index (χ4v) is 1.83. The molecule has 17 heavy (non-hydrogen) atoms. The smallest absolute Gasteiger partial charge is 0.106 e. The molecule has 3 nitrogen and oxygen atoms in total. The van der Waals surface area contributed by atoms with Crippen LogP contribution in [-0.4, -0.2) is 31.8 Å². The lowest BCUT2D eigenvalue weighted by atomic mass is 10.1. The van der Waals surface area contributed by atoms with Crippen LogP contribution >= 0.6 is 23.8 Å². The number of rotatable bonds is 6. The molecule has 0 bridgehead atoms. The van der Waals surface area contributed by atoms with Crippen LogP contribution in [0, 0.1) is 0 Å². The van der Waals surface area contributed by atoms with Crippen LogP contribution in [0.25, 0.3) is 0 Å². The van der Waals surface area contributed by atoms with Crippen LogP contribution in [0.1, 0.15) is 12.5 Å². The van der Waals surface area contributed by atoms with Gasteiger partial charge in [0.25, 0.3) is 0 Å². The fraction of sp³-hybridized carbons (Fsp3) is 0.417. The van der Waals surface area contributed by atoms with Gasteiger partial charge in [-0.15, -0.1) is 0 Å². The molecule has 5 heteroatoms. The van der Waals surface area contributed by atoms with E-state index in [9.17, 15) is 0 Å². The van der Waals surface area contributed by atoms with Gasteiger partial charge in [-0.3, -0.25) is 0 Å². The maximum atomic E-state index is 5.98. The molecule has 0 aliphatic carbocycles. The SMILES string of the molecule is CCOCCN(C)c1cc(Cl)ccc1C(N)=S. The van der Waals surface area contributed by atoms with Crippen LogP contribution in [-0.2, 0) is 4.74 Å². The number of hydrogen-bond donors (Lipinski definition) is 1. The van der Waals surface area contributed by atoms with Crippen molar-refractivity contribution in [3.8, 4) is 0 Å². The second-order valence-corrected chi connectivity index (χ2v) is 4.52. The summed E-state index contributed by atoms with van der Waals surface area (Å²) < 4.78 is 5.32. The summed E-state index contributed by atoms with van der Waals surface area (Å²) in [5.41, 5.74) is 7.46. The van der Waals surface area contributed by atoms with E-state index in [-0.39, 0.29) is 0 Å². The Kier molecular flexibility index (Phi) is 5.68. The van der Waals surface area contributed by atoms with E-state index in [4.69, 9.17) is 34.3 Å². The zero-order valence-electron chi connectivity index (χ0n) is 10.1. The van der Waals surface area contributed by atoms with E-state index in [0.29, 0.717) is 23.2 Å². The summed E-state index contributed by atoms with van der Waals surface area (Å²) in [6.07, 6.45) is 0. The molecule has 94 valence electrons. The van der Waals surface area contributed by atoms with Gasteiger partial charge >= 0.3 is 0 Å². The van der Waals surface area contributed by atoms with Gasteiger partial charge in [0.05, 0.1) is 6.61 Å². The second-order valence-electron chi connectivity index (χ2n) is 3.64. The van der Waals surface area contributed by atoms with Gasteiger partial charge in [0, 0.05) is 36.5 Å². The van der Waals surface area contributed by atoms with Crippen LogP contribution in [0.4, 0.5) is 5.69 Å². The summed E-state index contributed by atoms with van der Waals surface area (Å²) in [5.74, 6) is 0. The molecular weight excluding hydrogens is 256 g/mol. The lowest BCUT2D eigenvalue weighted by Gasteiger charge is -2.22. The predicted molar refractivity (Wildman–Crippen MR) is 77.1 cm³/mol. The molecule has 2 N–H and O–H groups in total. The van der Waals surface area contributed by atoms with Gasteiger partial charge in [-0.05, 0) is 25.1 Å². The Hall–Kier alpha value is -0.840. The first-order chi connectivity index (χ1) is 8.06. The summed E-state index contributed by atoms with van der Waals surface area (Å²) in [4.78, 5) is 2.41.